The number of aryl methyl sites for hydroxylation is 1. The Morgan fingerprint density at radius 2 is 1.92 bits per heavy atom. The molecule has 0 aromatic carbocycles. The second-order valence-electron chi connectivity index (χ2n) is 6.87. The van der Waals surface area contributed by atoms with Crippen molar-refractivity contribution in [2.75, 3.05) is 13.1 Å². The third-order valence-electron chi connectivity index (χ3n) is 5.47. The van der Waals surface area contributed by atoms with E-state index in [4.69, 9.17) is 4.42 Å². The van der Waals surface area contributed by atoms with E-state index in [9.17, 15) is 14.4 Å². The standard InChI is InChI=1S/C18H20N2O4/c1-10-5-8-24-15(10)16(21)19-6-2-7-20-17(22)13-11-3-4-12(9-11)14(13)18(20)23/h3-5,8,11-14H,2,6-7,9H2,1H3,(H,19,21)/t11-,12-,13-,14-/m0/s1. The Kier molecular flexibility index (Phi) is 3.55. The van der Waals surface area contributed by atoms with Gasteiger partial charge in [-0.05, 0) is 37.7 Å². The van der Waals surface area contributed by atoms with Crippen LogP contribution in [0.2, 0.25) is 0 Å². The van der Waals surface area contributed by atoms with Crippen LogP contribution in [0.25, 0.3) is 0 Å². The van der Waals surface area contributed by atoms with E-state index in [1.54, 1.807) is 13.0 Å². The van der Waals surface area contributed by atoms with Crippen LogP contribution >= 0.6 is 0 Å². The highest BCUT2D eigenvalue weighted by Crippen LogP contribution is 2.52. The van der Waals surface area contributed by atoms with E-state index < -0.39 is 0 Å². The number of carbonyl (C=O) groups is 3. The molecule has 2 aliphatic carbocycles. The van der Waals surface area contributed by atoms with Crippen LogP contribution in [-0.4, -0.2) is 35.7 Å². The van der Waals surface area contributed by atoms with Gasteiger partial charge >= 0.3 is 0 Å². The Balaban J connectivity index is 1.30. The maximum atomic E-state index is 12.5. The SMILES string of the molecule is Cc1ccoc1C(=O)NCCCN1C(=O)[C@@H]2[C@@H](C1=O)[C@H]1C=C[C@H]2C1. The molecular weight excluding hydrogens is 308 g/mol. The van der Waals surface area contributed by atoms with Gasteiger partial charge in [0.25, 0.3) is 5.91 Å². The number of furan rings is 1. The first-order valence-electron chi connectivity index (χ1n) is 8.44. The Morgan fingerprint density at radius 3 is 2.50 bits per heavy atom. The molecule has 1 aromatic heterocycles. The molecule has 2 heterocycles. The number of imide groups is 1. The molecule has 1 N–H and O–H groups in total. The zero-order chi connectivity index (χ0) is 16.8. The van der Waals surface area contributed by atoms with Gasteiger partial charge in [0.2, 0.25) is 11.8 Å². The molecule has 2 fully saturated rings. The van der Waals surface area contributed by atoms with Crippen LogP contribution < -0.4 is 5.32 Å². The van der Waals surface area contributed by atoms with E-state index in [1.807, 2.05) is 0 Å². The molecule has 0 unspecified atom stereocenters. The number of fused-ring (bicyclic) bond motifs is 5. The number of allylic oxidation sites excluding steroid dienone is 2. The largest absolute Gasteiger partial charge is 0.459 e. The topological polar surface area (TPSA) is 79.6 Å². The fourth-order valence-electron chi connectivity index (χ4n) is 4.31. The molecule has 1 aliphatic heterocycles. The average molecular weight is 328 g/mol. The number of nitrogens with one attached hydrogen (secondary N) is 1. The Bertz CT molecular complexity index is 705. The summed E-state index contributed by atoms with van der Waals surface area (Å²) < 4.78 is 5.13. The van der Waals surface area contributed by atoms with E-state index >= 15 is 0 Å². The Morgan fingerprint density at radius 1 is 1.25 bits per heavy atom. The van der Waals surface area contributed by atoms with Crippen molar-refractivity contribution in [1.29, 1.82) is 0 Å². The lowest BCUT2D eigenvalue weighted by molar-refractivity contribution is -0.140. The van der Waals surface area contributed by atoms with Gasteiger partial charge in [-0.2, -0.15) is 0 Å². The predicted molar refractivity (Wildman–Crippen MR) is 84.8 cm³/mol. The first-order valence-corrected chi connectivity index (χ1v) is 8.44. The molecular formula is C18H20N2O4. The second-order valence-corrected chi connectivity index (χ2v) is 6.87. The molecule has 1 saturated carbocycles. The van der Waals surface area contributed by atoms with Crippen LogP contribution in [0.15, 0.2) is 28.9 Å². The lowest BCUT2D eigenvalue weighted by Crippen LogP contribution is -2.35. The lowest BCUT2D eigenvalue weighted by atomic mass is 9.85. The summed E-state index contributed by atoms with van der Waals surface area (Å²) in [6, 6.07) is 1.73. The molecule has 1 saturated heterocycles. The lowest BCUT2D eigenvalue weighted by Gasteiger charge is -2.17. The average Bonchev–Trinajstić information content (AvgIpc) is 3.31. The highest BCUT2D eigenvalue weighted by molar-refractivity contribution is 6.06. The molecule has 4 atom stereocenters. The van der Waals surface area contributed by atoms with Gasteiger partial charge in [0.1, 0.15) is 0 Å². The third-order valence-corrected chi connectivity index (χ3v) is 5.47. The molecule has 6 heteroatoms. The van der Waals surface area contributed by atoms with E-state index in [0.29, 0.717) is 25.3 Å². The fraction of sp³-hybridized carbons (Fsp3) is 0.500. The highest BCUT2D eigenvalue weighted by atomic mass is 16.3. The first-order chi connectivity index (χ1) is 11.6. The Labute approximate surface area is 139 Å². The van der Waals surface area contributed by atoms with Crippen LogP contribution in [0, 0.1) is 30.6 Å². The van der Waals surface area contributed by atoms with Crippen LogP contribution in [0.1, 0.15) is 29.0 Å². The van der Waals surface area contributed by atoms with Gasteiger partial charge in [-0.15, -0.1) is 0 Å². The first kappa shape index (κ1) is 15.2. The minimum Gasteiger partial charge on any atom is -0.459 e. The molecule has 0 radical (unpaired) electrons. The number of nitrogens with zero attached hydrogens (tertiary/aromatic N) is 1. The minimum absolute atomic E-state index is 0.0324. The van der Waals surface area contributed by atoms with E-state index in [-0.39, 0.29) is 41.4 Å². The smallest absolute Gasteiger partial charge is 0.287 e. The summed E-state index contributed by atoms with van der Waals surface area (Å²) in [5.41, 5.74) is 0.785. The van der Waals surface area contributed by atoms with Gasteiger partial charge < -0.3 is 9.73 Å². The number of carbonyl (C=O) groups excluding carboxylic acids is 3. The maximum Gasteiger partial charge on any atom is 0.287 e. The van der Waals surface area contributed by atoms with Crippen LogP contribution in [0.3, 0.4) is 0 Å². The van der Waals surface area contributed by atoms with Crippen LogP contribution in [0.4, 0.5) is 0 Å². The van der Waals surface area contributed by atoms with Gasteiger partial charge in [0, 0.05) is 18.7 Å². The molecule has 2 bridgehead atoms. The fourth-order valence-corrected chi connectivity index (χ4v) is 4.31. The molecule has 3 amide bonds. The number of hydrogen-bond donors (Lipinski definition) is 1. The van der Waals surface area contributed by atoms with Gasteiger partial charge in [0.15, 0.2) is 5.76 Å². The van der Waals surface area contributed by atoms with Crippen LogP contribution in [0.5, 0.6) is 0 Å². The molecule has 4 rings (SSSR count). The predicted octanol–water partition coefficient (Wildman–Crippen LogP) is 1.52. The summed E-state index contributed by atoms with van der Waals surface area (Å²) in [5.74, 6) is 0.160. The van der Waals surface area contributed by atoms with Gasteiger partial charge in [-0.1, -0.05) is 12.2 Å². The monoisotopic (exact) mass is 328 g/mol. The van der Waals surface area contributed by atoms with Crippen molar-refractivity contribution in [3.8, 4) is 0 Å². The number of rotatable bonds is 5. The van der Waals surface area contributed by atoms with Gasteiger partial charge in [-0.3, -0.25) is 19.3 Å². The van der Waals surface area contributed by atoms with E-state index in [2.05, 4.69) is 17.5 Å². The van der Waals surface area contributed by atoms with Crippen molar-refractivity contribution in [2.45, 2.75) is 19.8 Å². The van der Waals surface area contributed by atoms with Crippen molar-refractivity contribution in [3.63, 3.8) is 0 Å². The molecule has 3 aliphatic rings. The quantitative estimate of drug-likeness (QED) is 0.505. The van der Waals surface area contributed by atoms with Crippen molar-refractivity contribution in [2.24, 2.45) is 23.7 Å². The molecule has 24 heavy (non-hydrogen) atoms. The molecule has 1 aromatic rings. The zero-order valence-corrected chi connectivity index (χ0v) is 13.5. The van der Waals surface area contributed by atoms with Gasteiger partial charge in [0.05, 0.1) is 18.1 Å². The highest BCUT2D eigenvalue weighted by Gasteiger charge is 2.58. The van der Waals surface area contributed by atoms with Crippen molar-refractivity contribution >= 4 is 17.7 Å². The maximum absolute atomic E-state index is 12.5. The van der Waals surface area contributed by atoms with Crippen molar-refractivity contribution < 1.29 is 18.8 Å². The second kappa shape index (κ2) is 5.61. The summed E-state index contributed by atoms with van der Waals surface area (Å²) in [7, 11) is 0. The molecule has 0 spiro atoms. The van der Waals surface area contributed by atoms with Crippen LogP contribution in [-0.2, 0) is 9.59 Å². The Hall–Kier alpha value is -2.37. The van der Waals surface area contributed by atoms with E-state index in [1.165, 1.54) is 11.2 Å². The van der Waals surface area contributed by atoms with Gasteiger partial charge in [-0.25, -0.2) is 0 Å². The number of likely N-dealkylation sites (tertiary alicyclic amines) is 1. The number of amides is 3. The van der Waals surface area contributed by atoms with E-state index in [0.717, 1.165) is 12.0 Å². The molecule has 6 nitrogen and oxygen atoms in total. The summed E-state index contributed by atoms with van der Waals surface area (Å²) in [6.45, 7) is 2.57. The zero-order valence-electron chi connectivity index (χ0n) is 13.5. The third kappa shape index (κ3) is 2.20. The van der Waals surface area contributed by atoms with Crippen molar-refractivity contribution in [1.82, 2.24) is 10.2 Å². The summed E-state index contributed by atoms with van der Waals surface area (Å²) in [5, 5.41) is 2.77. The number of hydrogen-bond acceptors (Lipinski definition) is 4. The summed E-state index contributed by atoms with van der Waals surface area (Å²) in [6.07, 6.45) is 7.15. The summed E-state index contributed by atoms with van der Waals surface area (Å²) in [4.78, 5) is 38.4. The molecule has 126 valence electrons. The summed E-state index contributed by atoms with van der Waals surface area (Å²) >= 11 is 0. The minimum atomic E-state index is -0.268. The van der Waals surface area contributed by atoms with Crippen molar-refractivity contribution in [3.05, 3.63) is 35.8 Å². The normalized spacial score (nSPS) is 30.3.